The average Bonchev–Trinajstić information content (AvgIpc) is 2.39. The van der Waals surface area contributed by atoms with Gasteiger partial charge in [0.15, 0.2) is 11.6 Å². The lowest BCUT2D eigenvalue weighted by Gasteiger charge is -2.09. The number of benzene rings is 1. The van der Waals surface area contributed by atoms with Crippen molar-refractivity contribution in [3.8, 4) is 5.75 Å². The van der Waals surface area contributed by atoms with Crippen molar-refractivity contribution >= 4 is 11.6 Å². The molecule has 2 rings (SSSR count). The summed E-state index contributed by atoms with van der Waals surface area (Å²) < 4.78 is 19.1. The van der Waals surface area contributed by atoms with Crippen LogP contribution in [-0.2, 0) is 12.5 Å². The van der Waals surface area contributed by atoms with Crippen LogP contribution in [0.3, 0.4) is 0 Å². The fourth-order valence-electron chi connectivity index (χ4n) is 1.56. The summed E-state index contributed by atoms with van der Waals surface area (Å²) in [5, 5.41) is 0. The molecule has 0 amide bonds. The molecule has 0 radical (unpaired) electrons. The van der Waals surface area contributed by atoms with E-state index in [9.17, 15) is 4.39 Å². The van der Waals surface area contributed by atoms with E-state index < -0.39 is 5.82 Å². The molecule has 94 valence electrons. The molecule has 0 aliphatic rings. The number of aromatic nitrogens is 1. The third-order valence-electron chi connectivity index (χ3n) is 2.63. The third-order valence-corrected chi connectivity index (χ3v) is 2.94. The van der Waals surface area contributed by atoms with Crippen LogP contribution in [0.15, 0.2) is 36.5 Å². The summed E-state index contributed by atoms with van der Waals surface area (Å²) in [6.45, 7) is 2.20. The summed E-state index contributed by atoms with van der Waals surface area (Å²) in [6.07, 6.45) is 1.69. The first-order valence-electron chi connectivity index (χ1n) is 5.58. The largest absolute Gasteiger partial charge is 0.484 e. The van der Waals surface area contributed by atoms with Crippen LogP contribution in [0.5, 0.6) is 5.75 Å². The molecule has 0 aliphatic heterocycles. The van der Waals surface area contributed by atoms with E-state index in [1.807, 2.05) is 19.1 Å². The molecule has 1 aromatic heterocycles. The molecule has 1 aromatic carbocycles. The fourth-order valence-corrected chi connectivity index (χ4v) is 1.73. The van der Waals surface area contributed by atoms with Crippen LogP contribution in [0, 0.1) is 12.7 Å². The molecule has 0 N–H and O–H groups in total. The molecule has 0 spiro atoms. The van der Waals surface area contributed by atoms with Crippen LogP contribution in [0.4, 0.5) is 4.39 Å². The molecule has 2 nitrogen and oxygen atoms in total. The second kappa shape index (κ2) is 5.83. The van der Waals surface area contributed by atoms with Gasteiger partial charge in [-0.2, -0.15) is 0 Å². The lowest BCUT2D eigenvalue weighted by molar-refractivity contribution is 0.285. The molecular weight excluding hydrogens is 253 g/mol. The number of rotatable bonds is 4. The van der Waals surface area contributed by atoms with E-state index >= 15 is 0 Å². The van der Waals surface area contributed by atoms with Crippen LogP contribution in [-0.4, -0.2) is 4.98 Å². The Bertz CT molecular complexity index is 545. The Labute approximate surface area is 110 Å². The van der Waals surface area contributed by atoms with Gasteiger partial charge in [-0.25, -0.2) is 4.39 Å². The molecule has 4 heteroatoms. The van der Waals surface area contributed by atoms with Crippen LogP contribution in [0.1, 0.15) is 16.8 Å². The molecule has 0 atom stereocenters. The Morgan fingerprint density at radius 2 is 2.17 bits per heavy atom. The zero-order valence-corrected chi connectivity index (χ0v) is 10.7. The minimum Gasteiger partial charge on any atom is -0.484 e. The number of alkyl halides is 1. The highest BCUT2D eigenvalue weighted by molar-refractivity contribution is 6.17. The highest BCUT2D eigenvalue weighted by Gasteiger charge is 2.06. The fraction of sp³-hybridized carbons (Fsp3) is 0.214. The number of nitrogens with zero attached hydrogens (tertiary/aromatic N) is 1. The minimum absolute atomic E-state index is 0.217. The standard InChI is InChI=1S/C14H13ClFNO/c1-10-3-2-6-17-13(10)9-18-14-5-4-11(8-15)7-12(14)16/h2-7H,8-9H2,1H3. The van der Waals surface area contributed by atoms with E-state index in [1.165, 1.54) is 6.07 Å². The van der Waals surface area contributed by atoms with Crippen molar-refractivity contribution in [2.24, 2.45) is 0 Å². The summed E-state index contributed by atoms with van der Waals surface area (Å²) in [5.41, 5.74) is 2.56. The molecular formula is C14H13ClFNO. The van der Waals surface area contributed by atoms with Gasteiger partial charge in [-0.3, -0.25) is 4.98 Å². The highest BCUT2D eigenvalue weighted by Crippen LogP contribution is 2.20. The molecule has 0 aliphatic carbocycles. The van der Waals surface area contributed by atoms with Crippen molar-refractivity contribution in [3.63, 3.8) is 0 Å². The summed E-state index contributed by atoms with van der Waals surface area (Å²) >= 11 is 5.63. The minimum atomic E-state index is -0.401. The SMILES string of the molecule is Cc1cccnc1COc1ccc(CCl)cc1F. The predicted octanol–water partition coefficient (Wildman–Crippen LogP) is 3.85. The lowest BCUT2D eigenvalue weighted by atomic mass is 10.2. The Hall–Kier alpha value is -1.61. The molecule has 0 unspecified atom stereocenters. The summed E-state index contributed by atoms with van der Waals surface area (Å²) in [6, 6.07) is 8.52. The number of aryl methyl sites for hydroxylation is 1. The van der Waals surface area contributed by atoms with Crippen molar-refractivity contribution in [1.29, 1.82) is 0 Å². The quantitative estimate of drug-likeness (QED) is 0.784. The second-order valence-electron chi connectivity index (χ2n) is 3.95. The van der Waals surface area contributed by atoms with Crippen LogP contribution >= 0.6 is 11.6 Å². The Morgan fingerprint density at radius 1 is 1.33 bits per heavy atom. The number of ether oxygens (including phenoxy) is 1. The van der Waals surface area contributed by atoms with E-state index in [-0.39, 0.29) is 18.2 Å². The molecule has 0 fully saturated rings. The van der Waals surface area contributed by atoms with E-state index in [4.69, 9.17) is 16.3 Å². The summed E-state index contributed by atoms with van der Waals surface area (Å²) in [7, 11) is 0. The Morgan fingerprint density at radius 3 is 2.83 bits per heavy atom. The zero-order valence-electron chi connectivity index (χ0n) is 9.99. The van der Waals surface area contributed by atoms with Gasteiger partial charge >= 0.3 is 0 Å². The number of hydrogen-bond donors (Lipinski definition) is 0. The second-order valence-corrected chi connectivity index (χ2v) is 4.22. The molecule has 2 aromatic rings. The van der Waals surface area contributed by atoms with Crippen LogP contribution in [0.2, 0.25) is 0 Å². The van der Waals surface area contributed by atoms with Crippen molar-refractivity contribution in [2.75, 3.05) is 0 Å². The highest BCUT2D eigenvalue weighted by atomic mass is 35.5. The van der Waals surface area contributed by atoms with Crippen molar-refractivity contribution in [2.45, 2.75) is 19.4 Å². The van der Waals surface area contributed by atoms with Crippen molar-refractivity contribution in [3.05, 3.63) is 59.2 Å². The van der Waals surface area contributed by atoms with E-state index in [0.29, 0.717) is 0 Å². The van der Waals surface area contributed by atoms with Gasteiger partial charge in [-0.05, 0) is 36.2 Å². The molecule has 0 saturated carbocycles. The molecule has 0 saturated heterocycles. The van der Waals surface area contributed by atoms with Crippen LogP contribution < -0.4 is 4.74 Å². The zero-order chi connectivity index (χ0) is 13.0. The number of pyridine rings is 1. The van der Waals surface area contributed by atoms with E-state index in [1.54, 1.807) is 18.3 Å². The van der Waals surface area contributed by atoms with Gasteiger partial charge in [0.2, 0.25) is 0 Å². The van der Waals surface area contributed by atoms with Gasteiger partial charge in [0.25, 0.3) is 0 Å². The first kappa shape index (κ1) is 12.8. The maximum absolute atomic E-state index is 13.6. The van der Waals surface area contributed by atoms with Crippen molar-refractivity contribution < 1.29 is 9.13 Å². The first-order chi connectivity index (χ1) is 8.70. The van der Waals surface area contributed by atoms with Gasteiger partial charge in [0, 0.05) is 12.1 Å². The Kier molecular flexibility index (Phi) is 4.15. The normalized spacial score (nSPS) is 10.4. The third kappa shape index (κ3) is 2.99. The number of halogens is 2. The lowest BCUT2D eigenvalue weighted by Crippen LogP contribution is -2.02. The van der Waals surface area contributed by atoms with Gasteiger partial charge in [-0.15, -0.1) is 11.6 Å². The molecule has 0 bridgehead atoms. The Balaban J connectivity index is 2.09. The van der Waals surface area contributed by atoms with E-state index in [0.717, 1.165) is 16.8 Å². The maximum Gasteiger partial charge on any atom is 0.165 e. The van der Waals surface area contributed by atoms with Gasteiger partial charge < -0.3 is 4.74 Å². The average molecular weight is 266 g/mol. The van der Waals surface area contributed by atoms with Crippen LogP contribution in [0.25, 0.3) is 0 Å². The molecule has 1 heterocycles. The predicted molar refractivity (Wildman–Crippen MR) is 69.3 cm³/mol. The van der Waals surface area contributed by atoms with Gasteiger partial charge in [0.1, 0.15) is 6.61 Å². The smallest absolute Gasteiger partial charge is 0.165 e. The van der Waals surface area contributed by atoms with Crippen molar-refractivity contribution in [1.82, 2.24) is 4.98 Å². The summed E-state index contributed by atoms with van der Waals surface area (Å²) in [5.74, 6) is 0.104. The monoisotopic (exact) mass is 265 g/mol. The first-order valence-corrected chi connectivity index (χ1v) is 6.12. The summed E-state index contributed by atoms with van der Waals surface area (Å²) in [4.78, 5) is 4.19. The van der Waals surface area contributed by atoms with Gasteiger partial charge in [-0.1, -0.05) is 12.1 Å². The topological polar surface area (TPSA) is 22.1 Å². The van der Waals surface area contributed by atoms with E-state index in [2.05, 4.69) is 4.98 Å². The maximum atomic E-state index is 13.6. The van der Waals surface area contributed by atoms with Gasteiger partial charge in [0.05, 0.1) is 5.69 Å². The molecule has 18 heavy (non-hydrogen) atoms. The number of hydrogen-bond acceptors (Lipinski definition) is 2.